The van der Waals surface area contributed by atoms with Crippen molar-refractivity contribution in [2.45, 2.75) is 20.0 Å². The van der Waals surface area contributed by atoms with Gasteiger partial charge in [-0.15, -0.1) is 0 Å². The first-order valence-electron chi connectivity index (χ1n) is 6.76. The van der Waals surface area contributed by atoms with E-state index in [1.165, 1.54) is 5.56 Å². The summed E-state index contributed by atoms with van der Waals surface area (Å²) in [7, 11) is 0. The molecule has 0 saturated carbocycles. The molecule has 2 aromatic rings. The minimum Gasteiger partial charge on any atom is -0.392 e. The van der Waals surface area contributed by atoms with Gasteiger partial charge in [0.1, 0.15) is 0 Å². The third kappa shape index (κ3) is 3.56. The molecule has 0 aliphatic carbocycles. The standard InChI is InChI=1S/C18H20O2/c1-13-4-3-5-17(10-13)18(12-19)11-15-6-8-16(9-7-15)14(2)20/h3-11,14,19-20H,12H2,1-2H3/b18-11+. The quantitative estimate of drug-likeness (QED) is 0.832. The van der Waals surface area contributed by atoms with Gasteiger partial charge < -0.3 is 10.2 Å². The first kappa shape index (κ1) is 14.5. The second-order valence-electron chi connectivity index (χ2n) is 5.04. The maximum Gasteiger partial charge on any atom is 0.0761 e. The Morgan fingerprint density at radius 3 is 2.40 bits per heavy atom. The van der Waals surface area contributed by atoms with Crippen molar-refractivity contribution in [2.24, 2.45) is 0 Å². The van der Waals surface area contributed by atoms with Crippen molar-refractivity contribution in [3.05, 3.63) is 70.8 Å². The smallest absolute Gasteiger partial charge is 0.0761 e. The lowest BCUT2D eigenvalue weighted by Gasteiger charge is -2.07. The molecular formula is C18H20O2. The summed E-state index contributed by atoms with van der Waals surface area (Å²) in [6, 6.07) is 15.8. The van der Waals surface area contributed by atoms with Crippen LogP contribution in [0.25, 0.3) is 11.6 Å². The summed E-state index contributed by atoms with van der Waals surface area (Å²) in [6.07, 6.45) is 1.52. The van der Waals surface area contributed by atoms with Gasteiger partial charge in [-0.3, -0.25) is 0 Å². The molecule has 1 atom stereocenters. The van der Waals surface area contributed by atoms with Crippen LogP contribution in [-0.2, 0) is 0 Å². The molecule has 2 aromatic carbocycles. The van der Waals surface area contributed by atoms with Crippen molar-refractivity contribution in [3.63, 3.8) is 0 Å². The first-order valence-corrected chi connectivity index (χ1v) is 6.76. The molecule has 0 aromatic heterocycles. The molecule has 0 aliphatic heterocycles. The molecule has 0 saturated heterocycles. The van der Waals surface area contributed by atoms with Gasteiger partial charge >= 0.3 is 0 Å². The van der Waals surface area contributed by atoms with Gasteiger partial charge in [0.05, 0.1) is 12.7 Å². The topological polar surface area (TPSA) is 40.5 Å². The lowest BCUT2D eigenvalue weighted by molar-refractivity contribution is 0.199. The lowest BCUT2D eigenvalue weighted by atomic mass is 10.0. The van der Waals surface area contributed by atoms with Crippen molar-refractivity contribution >= 4 is 11.6 Å². The van der Waals surface area contributed by atoms with Crippen LogP contribution < -0.4 is 0 Å². The Morgan fingerprint density at radius 1 is 1.15 bits per heavy atom. The molecule has 2 rings (SSSR count). The van der Waals surface area contributed by atoms with E-state index in [0.29, 0.717) is 0 Å². The SMILES string of the molecule is Cc1cccc(/C(=C/c2ccc(C(C)O)cc2)CO)c1. The minimum absolute atomic E-state index is 0.00159. The average molecular weight is 268 g/mol. The number of aryl methyl sites for hydroxylation is 1. The van der Waals surface area contributed by atoms with Gasteiger partial charge in [-0.2, -0.15) is 0 Å². The highest BCUT2D eigenvalue weighted by molar-refractivity contribution is 5.82. The second kappa shape index (κ2) is 6.51. The Bertz CT molecular complexity index is 595. The van der Waals surface area contributed by atoms with Crippen LogP contribution in [0.1, 0.15) is 35.3 Å². The number of benzene rings is 2. The van der Waals surface area contributed by atoms with E-state index in [4.69, 9.17) is 0 Å². The van der Waals surface area contributed by atoms with Gasteiger partial charge in [-0.05, 0) is 42.2 Å². The molecule has 0 fully saturated rings. The third-order valence-corrected chi connectivity index (χ3v) is 3.32. The summed E-state index contributed by atoms with van der Waals surface area (Å²) in [5.41, 5.74) is 5.00. The fourth-order valence-electron chi connectivity index (χ4n) is 2.14. The van der Waals surface area contributed by atoms with E-state index < -0.39 is 6.10 Å². The molecule has 0 heterocycles. The largest absolute Gasteiger partial charge is 0.392 e. The highest BCUT2D eigenvalue weighted by atomic mass is 16.3. The van der Waals surface area contributed by atoms with Gasteiger partial charge in [0.15, 0.2) is 0 Å². The van der Waals surface area contributed by atoms with Crippen LogP contribution in [0.2, 0.25) is 0 Å². The molecule has 0 bridgehead atoms. The van der Waals surface area contributed by atoms with Gasteiger partial charge in [0, 0.05) is 0 Å². The number of rotatable bonds is 4. The zero-order chi connectivity index (χ0) is 14.5. The Hall–Kier alpha value is -1.90. The van der Waals surface area contributed by atoms with Crippen molar-refractivity contribution in [3.8, 4) is 0 Å². The number of hydrogen-bond acceptors (Lipinski definition) is 2. The van der Waals surface area contributed by atoms with E-state index in [0.717, 1.165) is 22.3 Å². The monoisotopic (exact) mass is 268 g/mol. The zero-order valence-corrected chi connectivity index (χ0v) is 11.9. The fraction of sp³-hybridized carbons (Fsp3) is 0.222. The summed E-state index contributed by atoms with van der Waals surface area (Å²) in [5, 5.41) is 19.1. The maximum atomic E-state index is 9.57. The summed E-state index contributed by atoms with van der Waals surface area (Å²) < 4.78 is 0. The normalized spacial score (nSPS) is 13.3. The molecule has 0 radical (unpaired) electrons. The van der Waals surface area contributed by atoms with Crippen LogP contribution >= 0.6 is 0 Å². The fourth-order valence-corrected chi connectivity index (χ4v) is 2.14. The van der Waals surface area contributed by atoms with Crippen LogP contribution in [0, 0.1) is 6.92 Å². The number of aliphatic hydroxyl groups excluding tert-OH is 2. The minimum atomic E-state index is -0.456. The molecule has 2 heteroatoms. The average Bonchev–Trinajstić information content (AvgIpc) is 2.45. The van der Waals surface area contributed by atoms with Crippen molar-refractivity contribution in [1.82, 2.24) is 0 Å². The molecule has 104 valence electrons. The first-order chi connectivity index (χ1) is 9.60. The van der Waals surface area contributed by atoms with Gasteiger partial charge in [0.25, 0.3) is 0 Å². The number of hydrogen-bond donors (Lipinski definition) is 2. The van der Waals surface area contributed by atoms with Crippen LogP contribution in [0.5, 0.6) is 0 Å². The second-order valence-corrected chi connectivity index (χ2v) is 5.04. The lowest BCUT2D eigenvalue weighted by Crippen LogP contribution is -1.92. The Balaban J connectivity index is 2.31. The summed E-state index contributed by atoms with van der Waals surface area (Å²) in [4.78, 5) is 0. The van der Waals surface area contributed by atoms with Crippen LogP contribution in [0.3, 0.4) is 0 Å². The van der Waals surface area contributed by atoms with E-state index in [1.54, 1.807) is 6.92 Å². The summed E-state index contributed by atoms with van der Waals surface area (Å²) in [5.74, 6) is 0. The molecule has 1 unspecified atom stereocenters. The molecule has 2 nitrogen and oxygen atoms in total. The zero-order valence-electron chi connectivity index (χ0n) is 11.9. The van der Waals surface area contributed by atoms with E-state index in [2.05, 4.69) is 6.07 Å². The molecule has 0 amide bonds. The Labute approximate surface area is 120 Å². The number of aliphatic hydroxyl groups is 2. The Kier molecular flexibility index (Phi) is 4.72. The molecular weight excluding hydrogens is 248 g/mol. The van der Waals surface area contributed by atoms with Crippen molar-refractivity contribution in [2.75, 3.05) is 6.61 Å². The Morgan fingerprint density at radius 2 is 1.85 bits per heavy atom. The highest BCUT2D eigenvalue weighted by Crippen LogP contribution is 2.20. The van der Waals surface area contributed by atoms with Crippen molar-refractivity contribution < 1.29 is 10.2 Å². The molecule has 2 N–H and O–H groups in total. The van der Waals surface area contributed by atoms with E-state index >= 15 is 0 Å². The summed E-state index contributed by atoms with van der Waals surface area (Å²) >= 11 is 0. The van der Waals surface area contributed by atoms with Crippen LogP contribution in [0.4, 0.5) is 0 Å². The van der Waals surface area contributed by atoms with Crippen molar-refractivity contribution in [1.29, 1.82) is 0 Å². The molecule has 0 spiro atoms. The van der Waals surface area contributed by atoms with Gasteiger partial charge in [-0.25, -0.2) is 0 Å². The van der Waals surface area contributed by atoms with Crippen LogP contribution in [-0.4, -0.2) is 16.8 Å². The van der Waals surface area contributed by atoms with E-state index in [9.17, 15) is 10.2 Å². The van der Waals surface area contributed by atoms with Gasteiger partial charge in [-0.1, -0.05) is 54.1 Å². The predicted octanol–water partition coefficient (Wildman–Crippen LogP) is 3.58. The van der Waals surface area contributed by atoms with Crippen LogP contribution in [0.15, 0.2) is 48.5 Å². The van der Waals surface area contributed by atoms with Gasteiger partial charge in [0.2, 0.25) is 0 Å². The molecule has 0 aliphatic rings. The predicted molar refractivity (Wildman–Crippen MR) is 83.2 cm³/mol. The van der Waals surface area contributed by atoms with E-state index in [-0.39, 0.29) is 6.61 Å². The summed E-state index contributed by atoms with van der Waals surface area (Å²) in [6.45, 7) is 3.79. The maximum absolute atomic E-state index is 9.57. The highest BCUT2D eigenvalue weighted by Gasteiger charge is 2.03. The third-order valence-electron chi connectivity index (χ3n) is 3.32. The van der Waals surface area contributed by atoms with E-state index in [1.807, 2.05) is 55.5 Å². The molecule has 20 heavy (non-hydrogen) atoms.